The predicted molar refractivity (Wildman–Crippen MR) is 86.9 cm³/mol. The lowest BCUT2D eigenvalue weighted by atomic mass is 9.86. The Hall–Kier alpha value is -0.590. The van der Waals surface area contributed by atoms with Gasteiger partial charge in [0, 0.05) is 16.7 Å². The molecule has 0 radical (unpaired) electrons. The molecule has 20 heavy (non-hydrogen) atoms. The minimum absolute atomic E-state index is 0.220. The normalized spacial score (nSPS) is 12.6. The number of anilines is 1. The molecule has 1 rings (SSSR count). The van der Waals surface area contributed by atoms with E-state index in [1.165, 1.54) is 6.07 Å². The van der Waals surface area contributed by atoms with Crippen LogP contribution < -0.4 is 10.5 Å². The largest absolute Gasteiger partial charge is 0.399 e. The molecule has 0 aliphatic carbocycles. The number of nitrogens with two attached hydrogens (primary N) is 1. The summed E-state index contributed by atoms with van der Waals surface area (Å²) in [5.74, 6) is 1.15. The maximum atomic E-state index is 12.3. The van der Waals surface area contributed by atoms with Crippen LogP contribution in [-0.4, -0.2) is 15.0 Å². The molecule has 0 saturated heterocycles. The first kappa shape index (κ1) is 17.5. The molecule has 0 fully saturated rings. The van der Waals surface area contributed by atoms with Gasteiger partial charge < -0.3 is 5.73 Å². The molecule has 0 aliphatic rings. The van der Waals surface area contributed by atoms with Gasteiger partial charge in [-0.05, 0) is 51.9 Å². The van der Waals surface area contributed by atoms with E-state index in [1.54, 1.807) is 12.1 Å². The molecule has 0 aliphatic heterocycles. The summed E-state index contributed by atoms with van der Waals surface area (Å²) >= 11 is 3.25. The van der Waals surface area contributed by atoms with E-state index < -0.39 is 10.0 Å². The molecule has 0 heterocycles. The summed E-state index contributed by atoms with van der Waals surface area (Å²) < 4.78 is 27.8. The molecule has 0 spiro atoms. The average Bonchev–Trinajstić information content (AvgIpc) is 2.26. The molecule has 6 heteroatoms. The van der Waals surface area contributed by atoms with Crippen LogP contribution in [-0.2, 0) is 10.0 Å². The van der Waals surface area contributed by atoms with Crippen LogP contribution in [0.1, 0.15) is 27.7 Å². The SMILES string of the molecule is CC(C)C(CNS(=O)(=O)c1ccc(N)cc1Br)C(C)C. The van der Waals surface area contributed by atoms with Crippen LogP contribution in [0.5, 0.6) is 0 Å². The number of nitrogen functional groups attached to an aromatic ring is 1. The van der Waals surface area contributed by atoms with E-state index in [1.807, 2.05) is 0 Å². The van der Waals surface area contributed by atoms with Crippen molar-refractivity contribution in [2.75, 3.05) is 12.3 Å². The van der Waals surface area contributed by atoms with Gasteiger partial charge in [-0.1, -0.05) is 27.7 Å². The maximum absolute atomic E-state index is 12.3. The summed E-state index contributed by atoms with van der Waals surface area (Å²) in [7, 11) is -3.52. The number of benzene rings is 1. The predicted octanol–water partition coefficient (Wildman–Crippen LogP) is 3.24. The number of rotatable bonds is 6. The van der Waals surface area contributed by atoms with E-state index >= 15 is 0 Å². The molecule has 0 atom stereocenters. The maximum Gasteiger partial charge on any atom is 0.241 e. The van der Waals surface area contributed by atoms with Gasteiger partial charge in [0.25, 0.3) is 0 Å². The smallest absolute Gasteiger partial charge is 0.241 e. The van der Waals surface area contributed by atoms with Gasteiger partial charge in [-0.3, -0.25) is 0 Å². The minimum atomic E-state index is -3.52. The highest BCUT2D eigenvalue weighted by molar-refractivity contribution is 9.10. The Bertz CT molecular complexity index is 548. The Balaban J connectivity index is 2.90. The number of nitrogens with one attached hydrogen (secondary N) is 1. The van der Waals surface area contributed by atoms with Gasteiger partial charge in [0.2, 0.25) is 10.0 Å². The number of hydrogen-bond acceptors (Lipinski definition) is 3. The third-order valence-corrected chi connectivity index (χ3v) is 5.87. The topological polar surface area (TPSA) is 72.2 Å². The van der Waals surface area contributed by atoms with Gasteiger partial charge in [-0.15, -0.1) is 0 Å². The summed E-state index contributed by atoms with van der Waals surface area (Å²) in [6.45, 7) is 8.88. The molecule has 3 N–H and O–H groups in total. The fourth-order valence-electron chi connectivity index (χ4n) is 2.26. The van der Waals surface area contributed by atoms with Crippen LogP contribution in [0.4, 0.5) is 5.69 Å². The number of hydrogen-bond donors (Lipinski definition) is 2. The molecule has 0 unspecified atom stereocenters. The first-order chi connectivity index (χ1) is 9.15. The zero-order valence-electron chi connectivity index (χ0n) is 12.4. The zero-order valence-corrected chi connectivity index (χ0v) is 14.8. The second-order valence-corrected chi connectivity index (χ2v) is 8.28. The van der Waals surface area contributed by atoms with E-state index in [4.69, 9.17) is 5.73 Å². The molecule has 0 bridgehead atoms. The monoisotopic (exact) mass is 362 g/mol. The molecule has 114 valence electrons. The standard InChI is InChI=1S/C14H23BrN2O2S/c1-9(2)12(10(3)4)8-17-20(18,19)14-6-5-11(16)7-13(14)15/h5-7,9-10,12,17H,8,16H2,1-4H3. The third-order valence-electron chi connectivity index (χ3n) is 3.47. The first-order valence-electron chi connectivity index (χ1n) is 6.70. The molecule has 0 aromatic heterocycles. The van der Waals surface area contributed by atoms with Gasteiger partial charge in [-0.2, -0.15) is 0 Å². The Morgan fingerprint density at radius 1 is 1.20 bits per heavy atom. The van der Waals surface area contributed by atoms with Crippen molar-refractivity contribution in [2.45, 2.75) is 32.6 Å². The van der Waals surface area contributed by atoms with Crippen LogP contribution >= 0.6 is 15.9 Å². The van der Waals surface area contributed by atoms with Gasteiger partial charge in [-0.25, -0.2) is 13.1 Å². The lowest BCUT2D eigenvalue weighted by Gasteiger charge is -2.25. The van der Waals surface area contributed by atoms with E-state index in [0.29, 0.717) is 34.5 Å². The Morgan fingerprint density at radius 2 is 1.75 bits per heavy atom. The van der Waals surface area contributed by atoms with Gasteiger partial charge >= 0.3 is 0 Å². The van der Waals surface area contributed by atoms with Gasteiger partial charge in [0.1, 0.15) is 0 Å². The van der Waals surface area contributed by atoms with Crippen molar-refractivity contribution in [1.82, 2.24) is 4.72 Å². The van der Waals surface area contributed by atoms with Crippen molar-refractivity contribution in [3.05, 3.63) is 22.7 Å². The van der Waals surface area contributed by atoms with Crippen molar-refractivity contribution in [2.24, 2.45) is 17.8 Å². The fourth-order valence-corrected chi connectivity index (χ4v) is 4.43. The Labute approximate surface area is 130 Å². The molecule has 1 aromatic carbocycles. The van der Waals surface area contributed by atoms with Gasteiger partial charge in [0.05, 0.1) is 4.90 Å². The second-order valence-electron chi connectivity index (χ2n) is 5.69. The van der Waals surface area contributed by atoms with E-state index in [0.717, 1.165) is 0 Å². The van der Waals surface area contributed by atoms with Gasteiger partial charge in [0.15, 0.2) is 0 Å². The van der Waals surface area contributed by atoms with Crippen LogP contribution in [0.25, 0.3) is 0 Å². The summed E-state index contributed by atoms with van der Waals surface area (Å²) in [6.07, 6.45) is 0. The lowest BCUT2D eigenvalue weighted by molar-refractivity contribution is 0.289. The van der Waals surface area contributed by atoms with E-state index in [-0.39, 0.29) is 4.90 Å². The van der Waals surface area contributed by atoms with E-state index in [9.17, 15) is 8.42 Å². The zero-order chi connectivity index (χ0) is 15.5. The number of halogens is 1. The number of sulfonamides is 1. The minimum Gasteiger partial charge on any atom is -0.399 e. The first-order valence-corrected chi connectivity index (χ1v) is 8.97. The van der Waals surface area contributed by atoms with E-state index in [2.05, 4.69) is 48.3 Å². The molecule has 0 saturated carbocycles. The Morgan fingerprint density at radius 3 is 2.20 bits per heavy atom. The molecule has 1 aromatic rings. The van der Waals surface area contributed by atoms with Crippen molar-refractivity contribution in [1.29, 1.82) is 0 Å². The molecule has 0 amide bonds. The fraction of sp³-hybridized carbons (Fsp3) is 0.571. The average molecular weight is 363 g/mol. The molecule has 4 nitrogen and oxygen atoms in total. The van der Waals surface area contributed by atoms with Crippen LogP contribution in [0.3, 0.4) is 0 Å². The lowest BCUT2D eigenvalue weighted by Crippen LogP contribution is -2.34. The van der Waals surface area contributed by atoms with Crippen LogP contribution in [0.15, 0.2) is 27.6 Å². The summed E-state index contributed by atoms with van der Waals surface area (Å²) in [5.41, 5.74) is 6.15. The highest BCUT2D eigenvalue weighted by Gasteiger charge is 2.22. The molecular weight excluding hydrogens is 340 g/mol. The Kier molecular flexibility index (Phi) is 6.04. The van der Waals surface area contributed by atoms with Crippen LogP contribution in [0.2, 0.25) is 0 Å². The van der Waals surface area contributed by atoms with Crippen molar-refractivity contribution >= 4 is 31.6 Å². The quantitative estimate of drug-likeness (QED) is 0.762. The summed E-state index contributed by atoms with van der Waals surface area (Å²) in [5, 5.41) is 0. The van der Waals surface area contributed by atoms with Crippen molar-refractivity contribution in [3.8, 4) is 0 Å². The summed E-state index contributed by atoms with van der Waals surface area (Å²) in [6, 6.07) is 4.69. The van der Waals surface area contributed by atoms with Crippen molar-refractivity contribution in [3.63, 3.8) is 0 Å². The summed E-state index contributed by atoms with van der Waals surface area (Å²) in [4.78, 5) is 0.220. The van der Waals surface area contributed by atoms with Crippen LogP contribution in [0, 0.1) is 17.8 Å². The second kappa shape index (κ2) is 6.91. The molecular formula is C14H23BrN2O2S. The highest BCUT2D eigenvalue weighted by Crippen LogP contribution is 2.25. The third kappa shape index (κ3) is 4.46. The highest BCUT2D eigenvalue weighted by atomic mass is 79.9. The van der Waals surface area contributed by atoms with Crippen molar-refractivity contribution < 1.29 is 8.42 Å².